The van der Waals surface area contributed by atoms with Crippen LogP contribution in [0.5, 0.6) is 0 Å². The number of nitrogens with zero attached hydrogens (tertiary/aromatic N) is 1. The first-order valence-corrected chi connectivity index (χ1v) is 10.7. The lowest BCUT2D eigenvalue weighted by molar-refractivity contribution is 0.158. The number of rotatable bonds is 6. The summed E-state index contributed by atoms with van der Waals surface area (Å²) < 4.78 is 44.4. The van der Waals surface area contributed by atoms with Gasteiger partial charge in [0.1, 0.15) is 5.82 Å². The molecular weight excluding hydrogens is 395 g/mol. The molecule has 0 aliphatic heterocycles. The van der Waals surface area contributed by atoms with Gasteiger partial charge < -0.3 is 15.0 Å². The fourth-order valence-corrected chi connectivity index (χ4v) is 3.75. The molecule has 3 aromatic rings. The number of halogens is 1. The van der Waals surface area contributed by atoms with Crippen molar-refractivity contribution in [3.8, 4) is 16.8 Å². The Labute approximate surface area is 168 Å². The smallest absolute Gasteiger partial charge is 0.404 e. The molecule has 2 N–H and O–H groups in total. The molecule has 0 spiro atoms. The van der Waals surface area contributed by atoms with Gasteiger partial charge in [0.25, 0.3) is 0 Å². The second kappa shape index (κ2) is 8.08. The van der Waals surface area contributed by atoms with Crippen molar-refractivity contribution in [2.24, 2.45) is 5.73 Å². The van der Waals surface area contributed by atoms with E-state index in [2.05, 4.69) is 0 Å². The Morgan fingerprint density at radius 1 is 1.17 bits per heavy atom. The van der Waals surface area contributed by atoms with Crippen molar-refractivity contribution in [2.75, 3.05) is 12.9 Å². The Bertz CT molecular complexity index is 1150. The van der Waals surface area contributed by atoms with Gasteiger partial charge in [0.15, 0.2) is 9.84 Å². The molecule has 0 aliphatic rings. The van der Waals surface area contributed by atoms with E-state index in [0.29, 0.717) is 17.7 Å². The summed E-state index contributed by atoms with van der Waals surface area (Å²) in [5, 5.41) is 0. The zero-order valence-electron chi connectivity index (χ0n) is 16.1. The molecule has 0 fully saturated rings. The summed E-state index contributed by atoms with van der Waals surface area (Å²) in [5.74, 6) is -0.362. The van der Waals surface area contributed by atoms with E-state index in [0.717, 1.165) is 22.9 Å². The standard InChI is InChI=1S/C21H21FN2O4S/c1-14-19(16-3-5-17(22)6-4-16)11-18(29(2,26)27)12-20(14)24-9-7-15(13-24)8-10-28-21(23)25/h3-7,9,11-13H,8,10H2,1-2H3,(H2,23,25). The van der Waals surface area contributed by atoms with Crippen LogP contribution in [-0.4, -0.2) is 31.9 Å². The number of primary amides is 1. The molecule has 1 heterocycles. The highest BCUT2D eigenvalue weighted by atomic mass is 32.2. The molecule has 29 heavy (non-hydrogen) atoms. The number of benzene rings is 2. The first-order valence-electron chi connectivity index (χ1n) is 8.85. The summed E-state index contributed by atoms with van der Waals surface area (Å²) in [6, 6.07) is 11.0. The summed E-state index contributed by atoms with van der Waals surface area (Å²) in [5.41, 5.74) is 8.83. The second-order valence-corrected chi connectivity index (χ2v) is 8.75. The number of ether oxygens (including phenoxy) is 1. The lowest BCUT2D eigenvalue weighted by atomic mass is 9.99. The van der Waals surface area contributed by atoms with Crippen LogP contribution in [0.4, 0.5) is 9.18 Å². The fraction of sp³-hybridized carbons (Fsp3) is 0.190. The number of sulfone groups is 1. The molecule has 0 atom stereocenters. The van der Waals surface area contributed by atoms with Gasteiger partial charge in [-0.25, -0.2) is 17.6 Å². The molecular formula is C21H21FN2O4S. The van der Waals surface area contributed by atoms with Gasteiger partial charge in [-0.1, -0.05) is 12.1 Å². The summed E-state index contributed by atoms with van der Waals surface area (Å²) in [4.78, 5) is 10.9. The maximum Gasteiger partial charge on any atom is 0.404 e. The molecule has 0 radical (unpaired) electrons. The van der Waals surface area contributed by atoms with Gasteiger partial charge in [0.2, 0.25) is 0 Å². The first kappa shape index (κ1) is 20.6. The van der Waals surface area contributed by atoms with E-state index in [4.69, 9.17) is 10.5 Å². The van der Waals surface area contributed by atoms with Gasteiger partial charge in [0, 0.05) is 30.8 Å². The lowest BCUT2D eigenvalue weighted by Gasteiger charge is -2.15. The molecule has 1 amide bonds. The monoisotopic (exact) mass is 416 g/mol. The topological polar surface area (TPSA) is 91.4 Å². The number of nitrogens with two attached hydrogens (primary N) is 1. The zero-order valence-corrected chi connectivity index (χ0v) is 16.9. The van der Waals surface area contributed by atoms with E-state index in [1.807, 2.05) is 30.0 Å². The van der Waals surface area contributed by atoms with Gasteiger partial charge in [-0.05, 0) is 59.5 Å². The largest absolute Gasteiger partial charge is 0.449 e. The minimum absolute atomic E-state index is 0.155. The summed E-state index contributed by atoms with van der Waals surface area (Å²) >= 11 is 0. The van der Waals surface area contributed by atoms with Crippen molar-refractivity contribution in [1.82, 2.24) is 4.57 Å². The van der Waals surface area contributed by atoms with E-state index in [-0.39, 0.29) is 17.3 Å². The fourth-order valence-electron chi connectivity index (χ4n) is 3.09. The Balaban J connectivity index is 2.06. The van der Waals surface area contributed by atoms with Crippen molar-refractivity contribution in [3.05, 3.63) is 71.8 Å². The first-order chi connectivity index (χ1) is 13.6. The van der Waals surface area contributed by atoms with E-state index < -0.39 is 15.9 Å². The van der Waals surface area contributed by atoms with Gasteiger partial charge in [-0.2, -0.15) is 0 Å². The highest BCUT2D eigenvalue weighted by Gasteiger charge is 2.16. The van der Waals surface area contributed by atoms with Crippen LogP contribution in [0.25, 0.3) is 16.8 Å². The molecule has 6 nitrogen and oxygen atoms in total. The second-order valence-electron chi connectivity index (χ2n) is 6.74. The number of aromatic nitrogens is 1. The molecule has 0 saturated carbocycles. The maximum atomic E-state index is 13.3. The SMILES string of the molecule is Cc1c(-c2ccc(F)cc2)cc(S(C)(=O)=O)cc1-n1ccc(CCOC(N)=O)c1. The third-order valence-corrected chi connectivity index (χ3v) is 5.70. The highest BCUT2D eigenvalue weighted by molar-refractivity contribution is 7.90. The van der Waals surface area contributed by atoms with E-state index in [1.165, 1.54) is 12.1 Å². The Morgan fingerprint density at radius 3 is 2.48 bits per heavy atom. The van der Waals surface area contributed by atoms with Crippen molar-refractivity contribution < 1.29 is 22.3 Å². The molecule has 152 valence electrons. The van der Waals surface area contributed by atoms with Crippen molar-refractivity contribution >= 4 is 15.9 Å². The van der Waals surface area contributed by atoms with E-state index in [9.17, 15) is 17.6 Å². The number of carbonyl (C=O) groups is 1. The minimum atomic E-state index is -3.46. The van der Waals surface area contributed by atoms with Gasteiger partial charge in [-0.3, -0.25) is 0 Å². The Morgan fingerprint density at radius 2 is 1.86 bits per heavy atom. The average molecular weight is 416 g/mol. The minimum Gasteiger partial charge on any atom is -0.449 e. The van der Waals surface area contributed by atoms with Gasteiger partial charge in [0.05, 0.1) is 11.5 Å². The number of amides is 1. The third-order valence-electron chi connectivity index (χ3n) is 4.60. The number of hydrogen-bond donors (Lipinski definition) is 1. The molecule has 3 rings (SSSR count). The van der Waals surface area contributed by atoms with E-state index in [1.54, 1.807) is 24.3 Å². The molecule has 0 saturated heterocycles. The van der Waals surface area contributed by atoms with Gasteiger partial charge in [-0.15, -0.1) is 0 Å². The normalized spacial score (nSPS) is 11.4. The predicted molar refractivity (Wildman–Crippen MR) is 108 cm³/mol. The number of carbonyl (C=O) groups excluding carboxylic acids is 1. The number of hydrogen-bond acceptors (Lipinski definition) is 4. The van der Waals surface area contributed by atoms with Crippen molar-refractivity contribution in [2.45, 2.75) is 18.2 Å². The molecule has 8 heteroatoms. The average Bonchev–Trinajstić information content (AvgIpc) is 3.10. The Hall–Kier alpha value is -3.13. The van der Waals surface area contributed by atoms with Gasteiger partial charge >= 0.3 is 6.09 Å². The van der Waals surface area contributed by atoms with Crippen LogP contribution in [0.2, 0.25) is 0 Å². The molecule has 0 aliphatic carbocycles. The van der Waals surface area contributed by atoms with Crippen LogP contribution in [0, 0.1) is 12.7 Å². The molecule has 0 bridgehead atoms. The van der Waals surface area contributed by atoms with Crippen LogP contribution in [0.15, 0.2) is 59.8 Å². The lowest BCUT2D eigenvalue weighted by Crippen LogP contribution is -2.14. The zero-order chi connectivity index (χ0) is 21.2. The van der Waals surface area contributed by atoms with Crippen molar-refractivity contribution in [1.29, 1.82) is 0 Å². The summed E-state index contributed by atoms with van der Waals surface area (Å²) in [6.07, 6.45) is 4.45. The van der Waals surface area contributed by atoms with E-state index >= 15 is 0 Å². The molecule has 1 aromatic heterocycles. The van der Waals surface area contributed by atoms with Crippen LogP contribution in [0.3, 0.4) is 0 Å². The maximum absolute atomic E-state index is 13.3. The Kier molecular flexibility index (Phi) is 5.74. The quantitative estimate of drug-likeness (QED) is 0.664. The summed E-state index contributed by atoms with van der Waals surface area (Å²) in [6.45, 7) is 2.04. The molecule has 0 unspecified atom stereocenters. The van der Waals surface area contributed by atoms with Crippen molar-refractivity contribution in [3.63, 3.8) is 0 Å². The van der Waals surface area contributed by atoms with Crippen LogP contribution in [0.1, 0.15) is 11.1 Å². The third kappa shape index (κ3) is 4.83. The predicted octanol–water partition coefficient (Wildman–Crippen LogP) is 3.63. The summed E-state index contributed by atoms with van der Waals surface area (Å²) in [7, 11) is -3.46. The highest BCUT2D eigenvalue weighted by Crippen LogP contribution is 2.32. The van der Waals surface area contributed by atoms with Crippen LogP contribution >= 0.6 is 0 Å². The van der Waals surface area contributed by atoms with Crippen LogP contribution in [-0.2, 0) is 21.0 Å². The van der Waals surface area contributed by atoms with Crippen LogP contribution < -0.4 is 5.73 Å². The molecule has 2 aromatic carbocycles.